The Bertz CT molecular complexity index is 545. The maximum Gasteiger partial charge on any atom is 0.208 e. The van der Waals surface area contributed by atoms with E-state index in [1.165, 1.54) is 19.1 Å². The van der Waals surface area contributed by atoms with E-state index in [2.05, 4.69) is 19.8 Å². The molecule has 1 aromatic rings. The van der Waals surface area contributed by atoms with Crippen LogP contribution in [0.25, 0.3) is 0 Å². The summed E-state index contributed by atoms with van der Waals surface area (Å²) in [5.41, 5.74) is 0. The first-order valence-corrected chi connectivity index (χ1v) is 9.28. The van der Waals surface area contributed by atoms with Crippen LogP contribution in [-0.2, 0) is 10.0 Å². The van der Waals surface area contributed by atoms with Gasteiger partial charge in [-0.25, -0.2) is 13.1 Å². The third-order valence-corrected chi connectivity index (χ3v) is 5.41. The molecule has 19 heavy (non-hydrogen) atoms. The van der Waals surface area contributed by atoms with Gasteiger partial charge in [0, 0.05) is 25.0 Å². The van der Waals surface area contributed by atoms with E-state index >= 15 is 0 Å². The van der Waals surface area contributed by atoms with Crippen LogP contribution in [0.4, 0.5) is 5.13 Å². The molecule has 0 unspecified atom stereocenters. The first-order valence-electron chi connectivity index (χ1n) is 6.57. The van der Waals surface area contributed by atoms with Gasteiger partial charge in [0.25, 0.3) is 0 Å². The fourth-order valence-electron chi connectivity index (χ4n) is 2.34. The summed E-state index contributed by atoms with van der Waals surface area (Å²) in [6.45, 7) is 1.68. The van der Waals surface area contributed by atoms with Gasteiger partial charge in [-0.05, 0) is 25.7 Å². The van der Waals surface area contributed by atoms with Crippen LogP contribution >= 0.6 is 11.3 Å². The molecule has 0 radical (unpaired) electrons. The van der Waals surface area contributed by atoms with Gasteiger partial charge in [0.15, 0.2) is 0 Å². The molecule has 2 aliphatic rings. The summed E-state index contributed by atoms with van der Waals surface area (Å²) >= 11 is 1.69. The van der Waals surface area contributed by atoms with Gasteiger partial charge in [0.2, 0.25) is 15.2 Å². The lowest BCUT2D eigenvalue weighted by molar-refractivity contribution is 0.461. The first-order chi connectivity index (χ1) is 9.01. The zero-order valence-electron chi connectivity index (χ0n) is 10.9. The van der Waals surface area contributed by atoms with Gasteiger partial charge in [0.05, 0.1) is 6.26 Å². The Morgan fingerprint density at radius 1 is 1.21 bits per heavy atom. The summed E-state index contributed by atoms with van der Waals surface area (Å²) in [6.07, 6.45) is 5.35. The van der Waals surface area contributed by atoms with E-state index in [1.54, 1.807) is 11.3 Å². The van der Waals surface area contributed by atoms with Crippen LogP contribution in [0.15, 0.2) is 0 Å². The number of piperidine rings is 1. The van der Waals surface area contributed by atoms with Crippen LogP contribution in [0.3, 0.4) is 0 Å². The summed E-state index contributed by atoms with van der Waals surface area (Å²) < 4.78 is 25.1. The second-order valence-electron chi connectivity index (χ2n) is 5.35. The predicted molar refractivity (Wildman–Crippen MR) is 75.1 cm³/mol. The molecule has 1 saturated carbocycles. The Morgan fingerprint density at radius 3 is 2.47 bits per heavy atom. The number of aromatic nitrogens is 2. The highest BCUT2D eigenvalue weighted by Gasteiger charge is 2.29. The van der Waals surface area contributed by atoms with Gasteiger partial charge in [-0.15, -0.1) is 10.2 Å². The fourth-order valence-corrected chi connectivity index (χ4v) is 4.25. The minimum atomic E-state index is -3.10. The number of hydrogen-bond donors (Lipinski definition) is 1. The highest BCUT2D eigenvalue weighted by atomic mass is 32.2. The Morgan fingerprint density at radius 2 is 1.89 bits per heavy atom. The van der Waals surface area contributed by atoms with Gasteiger partial charge in [0.1, 0.15) is 5.01 Å². The largest absolute Gasteiger partial charge is 0.347 e. The maximum absolute atomic E-state index is 11.2. The van der Waals surface area contributed by atoms with E-state index in [0.717, 1.165) is 36.1 Å². The van der Waals surface area contributed by atoms with Crippen molar-refractivity contribution in [2.75, 3.05) is 24.2 Å². The Kier molecular flexibility index (Phi) is 3.48. The predicted octanol–water partition coefficient (Wildman–Crippen LogP) is 0.933. The number of hydrogen-bond acceptors (Lipinski definition) is 6. The summed E-state index contributed by atoms with van der Waals surface area (Å²) in [6, 6.07) is 0.0575. The number of anilines is 1. The lowest BCUT2D eigenvalue weighted by Gasteiger charge is -2.31. The molecular formula is C11H18N4O2S2. The summed E-state index contributed by atoms with van der Waals surface area (Å²) in [4.78, 5) is 2.21. The molecule has 2 heterocycles. The molecule has 8 heteroatoms. The molecule has 0 atom stereocenters. The molecule has 1 aliphatic heterocycles. The topological polar surface area (TPSA) is 75.2 Å². The molecular weight excluding hydrogens is 284 g/mol. The van der Waals surface area contributed by atoms with Crippen LogP contribution in [-0.4, -0.2) is 44.0 Å². The van der Waals surface area contributed by atoms with Crippen molar-refractivity contribution in [3.8, 4) is 0 Å². The third-order valence-electron chi connectivity index (χ3n) is 3.50. The monoisotopic (exact) mass is 302 g/mol. The zero-order valence-corrected chi connectivity index (χ0v) is 12.5. The van der Waals surface area contributed by atoms with Crippen molar-refractivity contribution in [1.82, 2.24) is 14.9 Å². The average Bonchev–Trinajstić information content (AvgIpc) is 3.07. The van der Waals surface area contributed by atoms with Crippen LogP contribution in [0.2, 0.25) is 0 Å². The second kappa shape index (κ2) is 4.99. The molecule has 106 valence electrons. The molecule has 0 bridgehead atoms. The molecule has 2 fully saturated rings. The summed E-state index contributed by atoms with van der Waals surface area (Å²) in [7, 11) is -3.10. The van der Waals surface area contributed by atoms with Gasteiger partial charge in [-0.1, -0.05) is 11.3 Å². The molecule has 1 aromatic heterocycles. The summed E-state index contributed by atoms with van der Waals surface area (Å²) in [5.74, 6) is 0.649. The van der Waals surface area contributed by atoms with Gasteiger partial charge >= 0.3 is 0 Å². The maximum atomic E-state index is 11.2. The fraction of sp³-hybridized carbons (Fsp3) is 0.818. The molecule has 0 spiro atoms. The number of sulfonamides is 1. The normalized spacial score (nSPS) is 21.8. The van der Waals surface area contributed by atoms with Crippen LogP contribution in [0.5, 0.6) is 0 Å². The standard InChI is InChI=1S/C11H18N4O2S2/c1-19(16,17)14-9-4-6-15(7-5-9)11-13-12-10(18-11)8-2-3-8/h8-9,14H,2-7H2,1H3. The molecule has 1 aliphatic carbocycles. The average molecular weight is 302 g/mol. The van der Waals surface area contributed by atoms with E-state index in [0.29, 0.717) is 5.92 Å². The smallest absolute Gasteiger partial charge is 0.208 e. The zero-order chi connectivity index (χ0) is 13.5. The first kappa shape index (κ1) is 13.3. The summed E-state index contributed by atoms with van der Waals surface area (Å²) in [5, 5.41) is 10.6. The van der Waals surface area contributed by atoms with Crippen molar-refractivity contribution in [3.05, 3.63) is 5.01 Å². The minimum absolute atomic E-state index is 0.0575. The molecule has 1 saturated heterocycles. The molecule has 0 amide bonds. The van der Waals surface area contributed by atoms with E-state index in [-0.39, 0.29) is 6.04 Å². The van der Waals surface area contributed by atoms with Crippen molar-refractivity contribution < 1.29 is 8.42 Å². The molecule has 3 rings (SSSR count). The molecule has 1 N–H and O–H groups in total. The van der Waals surface area contributed by atoms with Crippen molar-refractivity contribution in [1.29, 1.82) is 0 Å². The Hall–Kier alpha value is -0.730. The van der Waals surface area contributed by atoms with E-state index in [9.17, 15) is 8.42 Å². The number of nitrogens with zero attached hydrogens (tertiary/aromatic N) is 3. The van der Waals surface area contributed by atoms with E-state index < -0.39 is 10.0 Å². The molecule has 0 aromatic carbocycles. The van der Waals surface area contributed by atoms with Crippen molar-refractivity contribution in [3.63, 3.8) is 0 Å². The van der Waals surface area contributed by atoms with Gasteiger partial charge in [-0.3, -0.25) is 0 Å². The van der Waals surface area contributed by atoms with E-state index in [1.807, 2.05) is 0 Å². The van der Waals surface area contributed by atoms with Crippen LogP contribution < -0.4 is 9.62 Å². The van der Waals surface area contributed by atoms with E-state index in [4.69, 9.17) is 0 Å². The van der Waals surface area contributed by atoms with Crippen molar-refractivity contribution in [2.45, 2.75) is 37.6 Å². The third kappa shape index (κ3) is 3.43. The number of nitrogens with one attached hydrogen (secondary N) is 1. The van der Waals surface area contributed by atoms with Crippen molar-refractivity contribution in [2.24, 2.45) is 0 Å². The van der Waals surface area contributed by atoms with Gasteiger partial charge in [-0.2, -0.15) is 0 Å². The highest BCUT2D eigenvalue weighted by Crippen LogP contribution is 2.42. The highest BCUT2D eigenvalue weighted by molar-refractivity contribution is 7.88. The lowest BCUT2D eigenvalue weighted by atomic mass is 10.1. The molecule has 6 nitrogen and oxygen atoms in total. The number of rotatable bonds is 4. The Labute approximate surface area is 117 Å². The van der Waals surface area contributed by atoms with Crippen LogP contribution in [0, 0.1) is 0 Å². The quantitative estimate of drug-likeness (QED) is 0.895. The SMILES string of the molecule is CS(=O)(=O)NC1CCN(c2nnc(C3CC3)s2)CC1. The Balaban J connectivity index is 1.57. The second-order valence-corrected chi connectivity index (χ2v) is 8.12. The minimum Gasteiger partial charge on any atom is -0.347 e. The van der Waals surface area contributed by atoms with Crippen molar-refractivity contribution >= 4 is 26.5 Å². The van der Waals surface area contributed by atoms with Gasteiger partial charge < -0.3 is 4.90 Å². The lowest BCUT2D eigenvalue weighted by Crippen LogP contribution is -2.44. The van der Waals surface area contributed by atoms with Crippen LogP contribution in [0.1, 0.15) is 36.6 Å².